The number of nitrogen functional groups attached to an aromatic ring is 1. The van der Waals surface area contributed by atoms with E-state index in [1.165, 1.54) is 10.9 Å². The van der Waals surface area contributed by atoms with Crippen molar-refractivity contribution >= 4 is 16.9 Å². The number of aromatic nitrogens is 3. The average molecular weight is 309 g/mol. The number of fused-ring (bicyclic) bond motifs is 1. The van der Waals surface area contributed by atoms with Crippen molar-refractivity contribution < 1.29 is 5.11 Å². The van der Waals surface area contributed by atoms with Gasteiger partial charge in [-0.05, 0) is 25.5 Å². The summed E-state index contributed by atoms with van der Waals surface area (Å²) in [6.07, 6.45) is 1.38. The fraction of sp³-hybridized carbons (Fsp3) is 0.188. The van der Waals surface area contributed by atoms with Crippen molar-refractivity contribution in [1.82, 2.24) is 14.1 Å². The number of nitrogens with two attached hydrogens (primary N) is 1. The summed E-state index contributed by atoms with van der Waals surface area (Å²) in [6, 6.07) is 5.33. The van der Waals surface area contributed by atoms with Gasteiger partial charge in [-0.3, -0.25) is 9.36 Å². The Morgan fingerprint density at radius 3 is 2.70 bits per heavy atom. The number of aromatic hydroxyl groups is 1. The Morgan fingerprint density at radius 1 is 1.35 bits per heavy atom. The molecule has 7 heteroatoms. The lowest BCUT2D eigenvalue weighted by molar-refractivity contribution is 0.470. The highest BCUT2D eigenvalue weighted by Crippen LogP contribution is 2.33. The molecular formula is C16H15N5O2. The van der Waals surface area contributed by atoms with E-state index in [1.807, 2.05) is 13.0 Å². The van der Waals surface area contributed by atoms with Crippen LogP contribution in [0, 0.1) is 25.2 Å². The first kappa shape index (κ1) is 14.7. The summed E-state index contributed by atoms with van der Waals surface area (Å²) >= 11 is 0. The molecule has 2 aromatic heterocycles. The van der Waals surface area contributed by atoms with Crippen molar-refractivity contribution in [2.24, 2.45) is 7.05 Å². The summed E-state index contributed by atoms with van der Waals surface area (Å²) in [5.41, 5.74) is 8.26. The summed E-state index contributed by atoms with van der Waals surface area (Å²) in [6.45, 7) is 3.61. The Kier molecular flexibility index (Phi) is 3.11. The smallest absolute Gasteiger partial charge is 0.264 e. The molecule has 0 aliphatic heterocycles. The molecule has 0 saturated carbocycles. The number of nitrogens with zero attached hydrogens (tertiary/aromatic N) is 4. The molecule has 7 nitrogen and oxygen atoms in total. The van der Waals surface area contributed by atoms with Crippen LogP contribution in [0.25, 0.3) is 16.7 Å². The average Bonchev–Trinajstić information content (AvgIpc) is 2.80. The van der Waals surface area contributed by atoms with Gasteiger partial charge in [0.25, 0.3) is 5.56 Å². The van der Waals surface area contributed by atoms with Crippen LogP contribution < -0.4 is 11.3 Å². The molecule has 0 unspecified atom stereocenters. The number of benzene rings is 1. The predicted molar refractivity (Wildman–Crippen MR) is 86.6 cm³/mol. The number of phenolic OH excluding ortho intramolecular Hbond substituents is 1. The molecule has 0 atom stereocenters. The Balaban J connectivity index is 2.58. The molecule has 3 N–H and O–H groups in total. The van der Waals surface area contributed by atoms with Gasteiger partial charge in [-0.25, -0.2) is 4.98 Å². The topological polar surface area (TPSA) is 110 Å². The van der Waals surface area contributed by atoms with Gasteiger partial charge in [0.05, 0.1) is 12.0 Å². The van der Waals surface area contributed by atoms with E-state index >= 15 is 0 Å². The lowest BCUT2D eigenvalue weighted by Gasteiger charge is -2.15. The first-order valence-electron chi connectivity index (χ1n) is 6.93. The molecule has 0 spiro atoms. The van der Waals surface area contributed by atoms with Crippen molar-refractivity contribution in [2.75, 3.05) is 5.73 Å². The molecule has 0 amide bonds. The number of nitriles is 1. The summed E-state index contributed by atoms with van der Waals surface area (Å²) in [5, 5.41) is 19.6. The minimum atomic E-state index is -0.340. The van der Waals surface area contributed by atoms with Gasteiger partial charge in [0.2, 0.25) is 0 Å². The third-order valence-corrected chi connectivity index (χ3v) is 4.01. The highest BCUT2D eigenvalue weighted by atomic mass is 16.3. The molecule has 0 fully saturated rings. The molecule has 3 aromatic rings. The van der Waals surface area contributed by atoms with Gasteiger partial charge in [-0.15, -0.1) is 0 Å². The fourth-order valence-electron chi connectivity index (χ4n) is 2.78. The van der Waals surface area contributed by atoms with E-state index in [0.717, 1.165) is 5.56 Å². The molecule has 23 heavy (non-hydrogen) atoms. The zero-order valence-corrected chi connectivity index (χ0v) is 13.0. The maximum Gasteiger partial charge on any atom is 0.264 e. The van der Waals surface area contributed by atoms with Gasteiger partial charge in [-0.2, -0.15) is 5.26 Å². The lowest BCUT2D eigenvalue weighted by Crippen LogP contribution is -2.17. The zero-order chi connectivity index (χ0) is 16.9. The minimum absolute atomic E-state index is 0.0934. The van der Waals surface area contributed by atoms with Crippen molar-refractivity contribution in [2.45, 2.75) is 13.8 Å². The van der Waals surface area contributed by atoms with Crippen LogP contribution in [0.15, 0.2) is 23.3 Å². The molecule has 0 aliphatic rings. The van der Waals surface area contributed by atoms with Crippen molar-refractivity contribution in [3.05, 3.63) is 45.5 Å². The summed E-state index contributed by atoms with van der Waals surface area (Å²) in [5.74, 6) is 0.240. The van der Waals surface area contributed by atoms with Crippen LogP contribution >= 0.6 is 0 Å². The second-order valence-electron chi connectivity index (χ2n) is 5.44. The van der Waals surface area contributed by atoms with Crippen LogP contribution in [-0.4, -0.2) is 19.2 Å². The monoisotopic (exact) mass is 309 g/mol. The predicted octanol–water partition coefficient (Wildman–Crippen LogP) is 1.50. The SMILES string of the molecule is Cc1ccc(O)c(C)c1-n1c(N)c(C#N)c2c(=O)n(C)cnc21. The normalized spacial score (nSPS) is 10.9. The third-order valence-electron chi connectivity index (χ3n) is 4.01. The van der Waals surface area contributed by atoms with Gasteiger partial charge in [-0.1, -0.05) is 6.07 Å². The van der Waals surface area contributed by atoms with Gasteiger partial charge in [0, 0.05) is 12.6 Å². The first-order valence-corrected chi connectivity index (χ1v) is 6.93. The second-order valence-corrected chi connectivity index (χ2v) is 5.44. The number of rotatable bonds is 1. The van der Waals surface area contributed by atoms with Gasteiger partial charge in [0.1, 0.15) is 28.6 Å². The molecule has 2 heterocycles. The van der Waals surface area contributed by atoms with Crippen molar-refractivity contribution in [1.29, 1.82) is 5.26 Å². The van der Waals surface area contributed by atoms with E-state index in [1.54, 1.807) is 30.7 Å². The van der Waals surface area contributed by atoms with Gasteiger partial charge < -0.3 is 15.4 Å². The highest BCUT2D eigenvalue weighted by Gasteiger charge is 2.23. The first-order chi connectivity index (χ1) is 10.9. The lowest BCUT2D eigenvalue weighted by atomic mass is 10.1. The Bertz CT molecular complexity index is 1050. The summed E-state index contributed by atoms with van der Waals surface area (Å²) in [7, 11) is 1.56. The third kappa shape index (κ3) is 1.89. The van der Waals surface area contributed by atoms with E-state index in [0.29, 0.717) is 16.9 Å². The molecule has 3 rings (SSSR count). The number of aryl methyl sites for hydroxylation is 2. The Labute approximate surface area is 131 Å². The largest absolute Gasteiger partial charge is 0.508 e. The van der Waals surface area contributed by atoms with Crippen LogP contribution in [0.2, 0.25) is 0 Å². The van der Waals surface area contributed by atoms with Crippen molar-refractivity contribution in [3.63, 3.8) is 0 Å². The van der Waals surface area contributed by atoms with Crippen LogP contribution in [0.3, 0.4) is 0 Å². The summed E-state index contributed by atoms with van der Waals surface area (Å²) < 4.78 is 2.86. The molecule has 0 saturated heterocycles. The second kappa shape index (κ2) is 4.88. The van der Waals surface area contributed by atoms with E-state index in [4.69, 9.17) is 5.73 Å². The highest BCUT2D eigenvalue weighted by molar-refractivity contribution is 5.91. The number of phenols is 1. The van der Waals surface area contributed by atoms with Gasteiger partial charge in [0.15, 0.2) is 5.65 Å². The number of hydrogen-bond acceptors (Lipinski definition) is 5. The Hall–Kier alpha value is -3.27. The van der Waals surface area contributed by atoms with E-state index in [2.05, 4.69) is 4.98 Å². The molecular weight excluding hydrogens is 294 g/mol. The number of hydrogen-bond donors (Lipinski definition) is 2. The maximum atomic E-state index is 12.4. The quantitative estimate of drug-likeness (QED) is 0.708. The molecule has 0 aliphatic carbocycles. The van der Waals surface area contributed by atoms with Crippen LogP contribution in [0.1, 0.15) is 16.7 Å². The van der Waals surface area contributed by atoms with Gasteiger partial charge >= 0.3 is 0 Å². The van der Waals surface area contributed by atoms with Crippen LogP contribution in [0.4, 0.5) is 5.82 Å². The molecule has 0 radical (unpaired) electrons. The van der Waals surface area contributed by atoms with E-state index in [-0.39, 0.29) is 28.1 Å². The maximum absolute atomic E-state index is 12.4. The molecule has 1 aromatic carbocycles. The molecule has 116 valence electrons. The summed E-state index contributed by atoms with van der Waals surface area (Å²) in [4.78, 5) is 16.7. The number of anilines is 1. The Morgan fingerprint density at radius 2 is 2.04 bits per heavy atom. The fourth-order valence-corrected chi connectivity index (χ4v) is 2.78. The minimum Gasteiger partial charge on any atom is -0.508 e. The standard InChI is InChI=1S/C16H15N5O2/c1-8-4-5-11(22)9(2)13(8)21-14(18)10(6-17)12-15(21)19-7-20(3)16(12)23/h4-5,7,22H,18H2,1-3H3. The van der Waals surface area contributed by atoms with E-state index < -0.39 is 0 Å². The van der Waals surface area contributed by atoms with Crippen molar-refractivity contribution in [3.8, 4) is 17.5 Å². The van der Waals surface area contributed by atoms with Crippen LogP contribution in [0.5, 0.6) is 5.75 Å². The molecule has 0 bridgehead atoms. The van der Waals surface area contributed by atoms with E-state index in [9.17, 15) is 15.2 Å². The zero-order valence-electron chi connectivity index (χ0n) is 13.0. The van der Waals surface area contributed by atoms with Crippen LogP contribution in [-0.2, 0) is 7.05 Å².